The lowest BCUT2D eigenvalue weighted by molar-refractivity contribution is 0.0974. The normalized spacial score (nSPS) is 15.3. The molecule has 1 atom stereocenters. The van der Waals surface area contributed by atoms with Crippen LogP contribution in [0.1, 0.15) is 22.2 Å². The van der Waals surface area contributed by atoms with Crippen molar-refractivity contribution in [3.05, 3.63) is 103 Å². The minimum absolute atomic E-state index is 0.0706. The molecule has 3 heterocycles. The molecule has 0 bridgehead atoms. The fraction of sp³-hybridized carbons (Fsp3) is 0.125. The minimum Gasteiger partial charge on any atom is -0.492 e. The SMILES string of the molecule is O=C1c2ccccc2NC(c2ccccn2)N1c1ccc(OCCn2ccnc2)cc1. The third-order valence-electron chi connectivity index (χ3n) is 5.19. The summed E-state index contributed by atoms with van der Waals surface area (Å²) >= 11 is 0. The van der Waals surface area contributed by atoms with Crippen LogP contribution in [0.4, 0.5) is 11.4 Å². The van der Waals surface area contributed by atoms with Gasteiger partial charge in [0.25, 0.3) is 5.91 Å². The van der Waals surface area contributed by atoms with Gasteiger partial charge in [0.2, 0.25) is 0 Å². The lowest BCUT2D eigenvalue weighted by Gasteiger charge is -2.37. The first kappa shape index (κ1) is 18.9. The van der Waals surface area contributed by atoms with Crippen LogP contribution in [-0.2, 0) is 6.54 Å². The average molecular weight is 411 g/mol. The zero-order valence-electron chi connectivity index (χ0n) is 16.8. The summed E-state index contributed by atoms with van der Waals surface area (Å²) in [4.78, 5) is 23.6. The smallest absolute Gasteiger partial charge is 0.262 e. The summed E-state index contributed by atoms with van der Waals surface area (Å²) in [6.07, 6.45) is 6.73. The van der Waals surface area contributed by atoms with E-state index in [4.69, 9.17) is 4.74 Å². The summed E-state index contributed by atoms with van der Waals surface area (Å²) < 4.78 is 7.80. The Labute approximate surface area is 179 Å². The number of para-hydroxylation sites is 1. The number of hydrogen-bond acceptors (Lipinski definition) is 5. The number of carbonyl (C=O) groups is 1. The number of aromatic nitrogens is 3. The van der Waals surface area contributed by atoms with Crippen LogP contribution in [0.2, 0.25) is 0 Å². The van der Waals surface area contributed by atoms with Crippen molar-refractivity contribution in [2.45, 2.75) is 12.7 Å². The van der Waals surface area contributed by atoms with E-state index >= 15 is 0 Å². The molecule has 31 heavy (non-hydrogen) atoms. The van der Waals surface area contributed by atoms with E-state index in [2.05, 4.69) is 15.3 Å². The highest BCUT2D eigenvalue weighted by Gasteiger charge is 2.34. The highest BCUT2D eigenvalue weighted by atomic mass is 16.5. The molecule has 0 aliphatic carbocycles. The van der Waals surface area contributed by atoms with Crippen LogP contribution in [0.25, 0.3) is 0 Å². The maximum absolute atomic E-state index is 13.4. The summed E-state index contributed by atoms with van der Waals surface area (Å²) in [5.41, 5.74) is 2.98. The number of ether oxygens (including phenoxy) is 1. The van der Waals surface area contributed by atoms with Crippen molar-refractivity contribution in [2.75, 3.05) is 16.8 Å². The molecular formula is C24H21N5O2. The molecule has 5 rings (SSSR count). The fourth-order valence-electron chi connectivity index (χ4n) is 3.66. The predicted octanol–water partition coefficient (Wildman–Crippen LogP) is 4.13. The van der Waals surface area contributed by atoms with E-state index in [9.17, 15) is 4.79 Å². The highest BCUT2D eigenvalue weighted by molar-refractivity contribution is 6.12. The van der Waals surface area contributed by atoms with Gasteiger partial charge in [-0.25, -0.2) is 4.98 Å². The van der Waals surface area contributed by atoms with E-state index in [-0.39, 0.29) is 5.91 Å². The van der Waals surface area contributed by atoms with E-state index in [0.29, 0.717) is 12.2 Å². The van der Waals surface area contributed by atoms with Crippen LogP contribution in [0, 0.1) is 0 Å². The first-order chi connectivity index (χ1) is 15.3. The maximum Gasteiger partial charge on any atom is 0.262 e. The highest BCUT2D eigenvalue weighted by Crippen LogP contribution is 2.36. The molecule has 154 valence electrons. The molecule has 4 aromatic rings. The van der Waals surface area contributed by atoms with Gasteiger partial charge >= 0.3 is 0 Å². The quantitative estimate of drug-likeness (QED) is 0.517. The van der Waals surface area contributed by atoms with Crippen LogP contribution >= 0.6 is 0 Å². The molecule has 1 unspecified atom stereocenters. The zero-order chi connectivity index (χ0) is 21.0. The van der Waals surface area contributed by atoms with Crippen molar-refractivity contribution in [3.8, 4) is 5.75 Å². The van der Waals surface area contributed by atoms with Crippen molar-refractivity contribution in [3.63, 3.8) is 0 Å². The van der Waals surface area contributed by atoms with Gasteiger partial charge in [-0.2, -0.15) is 0 Å². The molecule has 0 fully saturated rings. The number of nitrogens with one attached hydrogen (secondary N) is 1. The van der Waals surface area contributed by atoms with E-state index in [0.717, 1.165) is 29.4 Å². The average Bonchev–Trinajstić information content (AvgIpc) is 3.34. The van der Waals surface area contributed by atoms with Crippen molar-refractivity contribution >= 4 is 17.3 Å². The van der Waals surface area contributed by atoms with Crippen molar-refractivity contribution < 1.29 is 9.53 Å². The molecule has 2 aromatic carbocycles. The number of rotatable bonds is 6. The Kier molecular flexibility index (Phi) is 5.06. The van der Waals surface area contributed by atoms with E-state index < -0.39 is 6.17 Å². The number of amides is 1. The molecule has 0 saturated carbocycles. The molecule has 7 nitrogen and oxygen atoms in total. The molecule has 1 N–H and O–H groups in total. The molecule has 7 heteroatoms. The standard InChI is InChI=1S/C24H21N5O2/c30-24-20-5-1-2-6-21(20)27-23(22-7-3-4-12-26-22)29(24)18-8-10-19(11-9-18)31-16-15-28-14-13-25-17-28/h1-14,17,23,27H,15-16H2. The van der Waals surface area contributed by atoms with Crippen LogP contribution in [0.3, 0.4) is 0 Å². The molecule has 0 spiro atoms. The topological polar surface area (TPSA) is 72.3 Å². The third kappa shape index (κ3) is 3.85. The number of imidazole rings is 1. The number of pyridine rings is 1. The lowest BCUT2D eigenvalue weighted by Crippen LogP contribution is -2.43. The Balaban J connectivity index is 1.40. The number of carbonyl (C=O) groups excluding carboxylic acids is 1. The van der Waals surface area contributed by atoms with Crippen molar-refractivity contribution in [1.29, 1.82) is 0 Å². The first-order valence-electron chi connectivity index (χ1n) is 10.1. The van der Waals surface area contributed by atoms with E-state index in [1.54, 1.807) is 23.6 Å². The zero-order valence-corrected chi connectivity index (χ0v) is 16.8. The van der Waals surface area contributed by atoms with Gasteiger partial charge in [0.1, 0.15) is 12.4 Å². The second-order valence-corrected chi connectivity index (χ2v) is 7.17. The van der Waals surface area contributed by atoms with Gasteiger partial charge in [-0.15, -0.1) is 0 Å². The van der Waals surface area contributed by atoms with E-state index in [1.807, 2.05) is 77.5 Å². The van der Waals surface area contributed by atoms with Crippen LogP contribution in [-0.4, -0.2) is 27.0 Å². The molecule has 0 radical (unpaired) electrons. The number of nitrogens with zero attached hydrogens (tertiary/aromatic N) is 4. The Morgan fingerprint density at radius 2 is 1.81 bits per heavy atom. The Bertz CT molecular complexity index is 1160. The van der Waals surface area contributed by atoms with Gasteiger partial charge in [0.15, 0.2) is 6.17 Å². The number of benzene rings is 2. The third-order valence-corrected chi connectivity index (χ3v) is 5.19. The van der Waals surface area contributed by atoms with Gasteiger partial charge in [0.05, 0.1) is 24.1 Å². The molecule has 1 aliphatic heterocycles. The number of anilines is 2. The second-order valence-electron chi connectivity index (χ2n) is 7.17. The summed E-state index contributed by atoms with van der Waals surface area (Å²) in [5, 5.41) is 3.46. The van der Waals surface area contributed by atoms with Gasteiger partial charge < -0.3 is 14.6 Å². The second kappa shape index (κ2) is 8.31. The van der Waals surface area contributed by atoms with Crippen LogP contribution < -0.4 is 15.0 Å². The molecular weight excluding hydrogens is 390 g/mol. The van der Waals surface area contributed by atoms with Gasteiger partial charge in [-0.1, -0.05) is 18.2 Å². The van der Waals surface area contributed by atoms with Crippen LogP contribution in [0.15, 0.2) is 91.6 Å². The van der Waals surface area contributed by atoms with E-state index in [1.165, 1.54) is 0 Å². The summed E-state index contributed by atoms with van der Waals surface area (Å²) in [7, 11) is 0. The maximum atomic E-state index is 13.4. The minimum atomic E-state index is -0.406. The Morgan fingerprint density at radius 3 is 2.58 bits per heavy atom. The lowest BCUT2D eigenvalue weighted by atomic mass is 10.0. The molecule has 1 aliphatic rings. The van der Waals surface area contributed by atoms with Crippen molar-refractivity contribution in [2.24, 2.45) is 0 Å². The molecule has 1 amide bonds. The van der Waals surface area contributed by atoms with Crippen LogP contribution in [0.5, 0.6) is 5.75 Å². The monoisotopic (exact) mass is 411 g/mol. The number of hydrogen-bond donors (Lipinski definition) is 1. The van der Waals surface area contributed by atoms with Crippen molar-refractivity contribution in [1.82, 2.24) is 14.5 Å². The Hall–Kier alpha value is -4.13. The van der Waals surface area contributed by atoms with Gasteiger partial charge in [0, 0.05) is 30.0 Å². The predicted molar refractivity (Wildman–Crippen MR) is 118 cm³/mol. The molecule has 0 saturated heterocycles. The summed E-state index contributed by atoms with van der Waals surface area (Å²) in [6, 6.07) is 20.8. The largest absolute Gasteiger partial charge is 0.492 e. The summed E-state index contributed by atoms with van der Waals surface area (Å²) in [5.74, 6) is 0.676. The van der Waals surface area contributed by atoms with Gasteiger partial charge in [-0.3, -0.25) is 14.7 Å². The first-order valence-corrected chi connectivity index (χ1v) is 10.1. The fourth-order valence-corrected chi connectivity index (χ4v) is 3.66. The number of fused-ring (bicyclic) bond motifs is 1. The molecule has 2 aromatic heterocycles. The summed E-state index contributed by atoms with van der Waals surface area (Å²) in [6.45, 7) is 1.25. The Morgan fingerprint density at radius 1 is 0.968 bits per heavy atom. The van der Waals surface area contributed by atoms with Gasteiger partial charge in [-0.05, 0) is 48.5 Å².